The zero-order valence-electron chi connectivity index (χ0n) is 18.5. The number of amides is 2. The lowest BCUT2D eigenvalue weighted by Crippen LogP contribution is -2.44. The first-order valence-electron chi connectivity index (χ1n) is 10.8. The Kier molecular flexibility index (Phi) is 6.58. The van der Waals surface area contributed by atoms with Gasteiger partial charge in [-0.05, 0) is 66.9 Å². The van der Waals surface area contributed by atoms with E-state index in [0.717, 1.165) is 17.5 Å². The molecule has 0 spiro atoms. The predicted octanol–water partition coefficient (Wildman–Crippen LogP) is 4.72. The van der Waals surface area contributed by atoms with Crippen LogP contribution in [0.5, 0.6) is 11.5 Å². The number of carbonyl (C=O) groups is 2. The monoisotopic (exact) mass is 448 g/mol. The van der Waals surface area contributed by atoms with Crippen molar-refractivity contribution in [3.05, 3.63) is 83.7 Å². The minimum atomic E-state index is -0.648. The number of fused-ring (bicyclic) bond motifs is 1. The molecular weight excluding hydrogens is 423 g/mol. The SMILES string of the molecule is CCc1cccc(OCC(=O)Nc2ccc3c(c2)N(Cc2ccc(F)cc2)C(=O)C(C)O3)c1. The molecule has 1 aliphatic rings. The number of nitrogens with zero attached hydrogens (tertiary/aromatic N) is 1. The number of benzene rings is 3. The number of rotatable bonds is 7. The maximum Gasteiger partial charge on any atom is 0.268 e. The number of hydrogen-bond donors (Lipinski definition) is 1. The average Bonchev–Trinajstić information content (AvgIpc) is 2.82. The van der Waals surface area contributed by atoms with E-state index in [1.807, 2.05) is 24.3 Å². The fourth-order valence-corrected chi connectivity index (χ4v) is 3.62. The van der Waals surface area contributed by atoms with Crippen molar-refractivity contribution in [1.82, 2.24) is 0 Å². The van der Waals surface area contributed by atoms with Crippen molar-refractivity contribution in [2.24, 2.45) is 0 Å². The molecule has 1 N–H and O–H groups in total. The van der Waals surface area contributed by atoms with E-state index in [0.29, 0.717) is 22.9 Å². The number of halogens is 1. The van der Waals surface area contributed by atoms with Gasteiger partial charge in [0.1, 0.15) is 17.3 Å². The summed E-state index contributed by atoms with van der Waals surface area (Å²) in [5.74, 6) is 0.297. The van der Waals surface area contributed by atoms with E-state index in [9.17, 15) is 14.0 Å². The molecule has 0 radical (unpaired) electrons. The van der Waals surface area contributed by atoms with Gasteiger partial charge >= 0.3 is 0 Å². The van der Waals surface area contributed by atoms with Crippen LogP contribution in [-0.4, -0.2) is 24.5 Å². The maximum atomic E-state index is 13.3. The van der Waals surface area contributed by atoms with E-state index < -0.39 is 6.10 Å². The minimum absolute atomic E-state index is 0.143. The summed E-state index contributed by atoms with van der Waals surface area (Å²) in [6, 6.07) is 18.7. The van der Waals surface area contributed by atoms with Crippen LogP contribution < -0.4 is 19.7 Å². The Morgan fingerprint density at radius 1 is 1.09 bits per heavy atom. The Morgan fingerprint density at radius 2 is 1.88 bits per heavy atom. The third-order valence-corrected chi connectivity index (χ3v) is 5.38. The smallest absolute Gasteiger partial charge is 0.268 e. The molecule has 6 nitrogen and oxygen atoms in total. The van der Waals surface area contributed by atoms with Crippen LogP contribution in [0.25, 0.3) is 0 Å². The van der Waals surface area contributed by atoms with Crippen LogP contribution >= 0.6 is 0 Å². The Labute approximate surface area is 191 Å². The Hall–Kier alpha value is -3.87. The topological polar surface area (TPSA) is 67.9 Å². The molecule has 7 heteroatoms. The van der Waals surface area contributed by atoms with Crippen LogP contribution in [0.15, 0.2) is 66.7 Å². The van der Waals surface area contributed by atoms with Gasteiger partial charge in [0.25, 0.3) is 11.8 Å². The van der Waals surface area contributed by atoms with Crippen LogP contribution in [0.2, 0.25) is 0 Å². The van der Waals surface area contributed by atoms with E-state index in [1.165, 1.54) is 12.1 Å². The highest BCUT2D eigenvalue weighted by molar-refractivity contribution is 6.01. The Balaban J connectivity index is 1.48. The van der Waals surface area contributed by atoms with Gasteiger partial charge in [-0.15, -0.1) is 0 Å². The number of hydrogen-bond acceptors (Lipinski definition) is 4. The zero-order valence-corrected chi connectivity index (χ0v) is 18.5. The molecule has 0 saturated carbocycles. The van der Waals surface area contributed by atoms with Crippen molar-refractivity contribution in [3.63, 3.8) is 0 Å². The summed E-state index contributed by atoms with van der Waals surface area (Å²) in [5, 5.41) is 2.80. The van der Waals surface area contributed by atoms with Gasteiger partial charge in [0.15, 0.2) is 12.7 Å². The first-order valence-corrected chi connectivity index (χ1v) is 10.8. The zero-order chi connectivity index (χ0) is 23.4. The molecule has 0 aromatic heterocycles. The molecule has 0 saturated heterocycles. The number of anilines is 2. The van der Waals surface area contributed by atoms with Gasteiger partial charge in [0.05, 0.1) is 12.2 Å². The number of aryl methyl sites for hydroxylation is 1. The fraction of sp³-hybridized carbons (Fsp3) is 0.231. The molecule has 1 heterocycles. The Bertz CT molecular complexity index is 1160. The Morgan fingerprint density at radius 3 is 2.64 bits per heavy atom. The second-order valence-corrected chi connectivity index (χ2v) is 7.83. The third kappa shape index (κ3) is 5.31. The highest BCUT2D eigenvalue weighted by Crippen LogP contribution is 2.37. The summed E-state index contributed by atoms with van der Waals surface area (Å²) in [4.78, 5) is 26.9. The van der Waals surface area contributed by atoms with E-state index >= 15 is 0 Å². The summed E-state index contributed by atoms with van der Waals surface area (Å²) < 4.78 is 24.6. The normalized spacial score (nSPS) is 14.9. The van der Waals surface area contributed by atoms with Gasteiger partial charge in [0, 0.05) is 5.69 Å². The van der Waals surface area contributed by atoms with E-state index in [-0.39, 0.29) is 30.8 Å². The van der Waals surface area contributed by atoms with Gasteiger partial charge in [-0.3, -0.25) is 9.59 Å². The molecule has 0 aliphatic carbocycles. The van der Waals surface area contributed by atoms with Crippen molar-refractivity contribution in [2.45, 2.75) is 32.9 Å². The van der Waals surface area contributed by atoms with E-state index in [2.05, 4.69) is 12.2 Å². The molecule has 33 heavy (non-hydrogen) atoms. The predicted molar refractivity (Wildman–Crippen MR) is 124 cm³/mol. The van der Waals surface area contributed by atoms with Gasteiger partial charge < -0.3 is 19.7 Å². The van der Waals surface area contributed by atoms with Crippen molar-refractivity contribution in [1.29, 1.82) is 0 Å². The molecule has 1 atom stereocenters. The van der Waals surface area contributed by atoms with Crippen LogP contribution in [0.1, 0.15) is 25.0 Å². The highest BCUT2D eigenvalue weighted by Gasteiger charge is 2.31. The van der Waals surface area contributed by atoms with Crippen LogP contribution in [0, 0.1) is 5.82 Å². The van der Waals surface area contributed by atoms with Gasteiger partial charge in [-0.2, -0.15) is 0 Å². The molecule has 2 amide bonds. The summed E-state index contributed by atoms with van der Waals surface area (Å²) >= 11 is 0. The lowest BCUT2D eigenvalue weighted by Gasteiger charge is -2.33. The van der Waals surface area contributed by atoms with Crippen LogP contribution in [0.3, 0.4) is 0 Å². The number of ether oxygens (including phenoxy) is 2. The van der Waals surface area contributed by atoms with Gasteiger partial charge in [0.2, 0.25) is 0 Å². The molecule has 0 bridgehead atoms. The maximum absolute atomic E-state index is 13.3. The first kappa shape index (κ1) is 22.3. The molecule has 170 valence electrons. The van der Waals surface area contributed by atoms with Crippen molar-refractivity contribution >= 4 is 23.2 Å². The summed E-state index contributed by atoms with van der Waals surface area (Å²) in [5.41, 5.74) is 2.96. The molecule has 4 rings (SSSR count). The highest BCUT2D eigenvalue weighted by atomic mass is 19.1. The lowest BCUT2D eigenvalue weighted by atomic mass is 10.1. The van der Waals surface area contributed by atoms with E-state index in [1.54, 1.807) is 42.2 Å². The van der Waals surface area contributed by atoms with Gasteiger partial charge in [-0.25, -0.2) is 4.39 Å². The second-order valence-electron chi connectivity index (χ2n) is 7.83. The quantitative estimate of drug-likeness (QED) is 0.568. The van der Waals surface area contributed by atoms with Crippen molar-refractivity contribution < 1.29 is 23.5 Å². The summed E-state index contributed by atoms with van der Waals surface area (Å²) in [6.07, 6.45) is 0.234. The average molecular weight is 448 g/mol. The third-order valence-electron chi connectivity index (χ3n) is 5.38. The van der Waals surface area contributed by atoms with Crippen LogP contribution in [0.4, 0.5) is 15.8 Å². The van der Waals surface area contributed by atoms with Gasteiger partial charge in [-0.1, -0.05) is 31.2 Å². The molecule has 3 aromatic rings. The van der Waals surface area contributed by atoms with Crippen molar-refractivity contribution in [2.75, 3.05) is 16.8 Å². The second kappa shape index (κ2) is 9.73. The lowest BCUT2D eigenvalue weighted by molar-refractivity contribution is -0.125. The number of carbonyl (C=O) groups excluding carboxylic acids is 2. The molecule has 1 unspecified atom stereocenters. The molecule has 0 fully saturated rings. The first-order chi connectivity index (χ1) is 15.9. The number of nitrogens with one attached hydrogen (secondary N) is 1. The summed E-state index contributed by atoms with van der Waals surface area (Å²) in [7, 11) is 0. The van der Waals surface area contributed by atoms with Crippen molar-refractivity contribution in [3.8, 4) is 11.5 Å². The minimum Gasteiger partial charge on any atom is -0.484 e. The molecule has 1 aliphatic heterocycles. The summed E-state index contributed by atoms with van der Waals surface area (Å²) in [6.45, 7) is 3.85. The van der Waals surface area contributed by atoms with Crippen LogP contribution in [-0.2, 0) is 22.6 Å². The largest absolute Gasteiger partial charge is 0.484 e. The molecular formula is C26H25FN2O4. The standard InChI is InChI=1S/C26H25FN2O4/c1-3-18-5-4-6-22(13-18)32-16-25(30)28-21-11-12-24-23(14-21)29(26(31)17(2)33-24)15-19-7-9-20(27)10-8-19/h4-14,17H,3,15-16H2,1-2H3,(H,28,30). The fourth-order valence-electron chi connectivity index (χ4n) is 3.62. The molecule has 3 aromatic carbocycles. The van der Waals surface area contributed by atoms with E-state index in [4.69, 9.17) is 9.47 Å².